The van der Waals surface area contributed by atoms with E-state index < -0.39 is 0 Å². The number of benzene rings is 1. The Hall–Kier alpha value is -3.32. The lowest BCUT2D eigenvalue weighted by Gasteiger charge is -2.36. The van der Waals surface area contributed by atoms with Crippen LogP contribution in [0, 0.1) is 5.92 Å². The molecule has 0 bridgehead atoms. The van der Waals surface area contributed by atoms with Gasteiger partial charge in [0, 0.05) is 49.7 Å². The lowest BCUT2D eigenvalue weighted by atomic mass is 10.0. The minimum atomic E-state index is 0.319. The summed E-state index contributed by atoms with van der Waals surface area (Å²) in [4.78, 5) is 32.7. The lowest BCUT2D eigenvalue weighted by molar-refractivity contribution is -0.132. The van der Waals surface area contributed by atoms with Crippen LogP contribution in [0.4, 0.5) is 5.82 Å². The zero-order chi connectivity index (χ0) is 23.6. The van der Waals surface area contributed by atoms with Crippen molar-refractivity contribution in [2.24, 2.45) is 5.92 Å². The molecule has 6 nitrogen and oxygen atoms in total. The number of pyridine rings is 1. The van der Waals surface area contributed by atoms with Crippen molar-refractivity contribution >= 4 is 33.3 Å². The monoisotopic (exact) mass is 483 g/mol. The minimum Gasteiger partial charge on any atom is -0.352 e. The number of carbonyl (C=O) groups is 1. The van der Waals surface area contributed by atoms with Gasteiger partial charge < -0.3 is 9.80 Å². The standard InChI is InChI=1S/C28H29N5OS/c34-24(18-20-8-4-5-9-20)32-14-16-33(17-15-32)27-25-22(21-10-2-1-3-11-21)19-35-28(25)31-26(30-27)23-12-6-7-13-29-23/h1-3,6-7,10-13,19-20H,4-5,8-9,14-18H2. The summed E-state index contributed by atoms with van der Waals surface area (Å²) in [6.45, 7) is 3.02. The molecule has 1 aromatic carbocycles. The van der Waals surface area contributed by atoms with Crippen molar-refractivity contribution in [3.63, 3.8) is 0 Å². The Kier molecular flexibility index (Phi) is 6.17. The van der Waals surface area contributed by atoms with Crippen LogP contribution >= 0.6 is 11.3 Å². The molecule has 3 aromatic heterocycles. The van der Waals surface area contributed by atoms with Gasteiger partial charge in [0.1, 0.15) is 16.3 Å². The van der Waals surface area contributed by atoms with Crippen LogP contribution in [0.5, 0.6) is 0 Å². The Balaban J connectivity index is 1.33. The van der Waals surface area contributed by atoms with E-state index in [2.05, 4.69) is 44.4 Å². The Bertz CT molecular complexity index is 1310. The van der Waals surface area contributed by atoms with Crippen LogP contribution in [0.3, 0.4) is 0 Å². The number of aromatic nitrogens is 3. The average Bonchev–Trinajstić information content (AvgIpc) is 3.59. The second-order valence-electron chi connectivity index (χ2n) is 9.50. The second kappa shape index (κ2) is 9.74. The molecule has 1 saturated carbocycles. The summed E-state index contributed by atoms with van der Waals surface area (Å²) in [6, 6.07) is 16.3. The van der Waals surface area contributed by atoms with Gasteiger partial charge in [-0.05, 0) is 36.5 Å². The number of hydrogen-bond donors (Lipinski definition) is 0. The quantitative estimate of drug-likeness (QED) is 0.367. The van der Waals surface area contributed by atoms with E-state index >= 15 is 0 Å². The van der Waals surface area contributed by atoms with Gasteiger partial charge in [-0.15, -0.1) is 11.3 Å². The first-order valence-electron chi connectivity index (χ1n) is 12.5. The number of carbonyl (C=O) groups excluding carboxylic acids is 1. The van der Waals surface area contributed by atoms with Crippen molar-refractivity contribution < 1.29 is 4.79 Å². The Morgan fingerprint density at radius 3 is 2.46 bits per heavy atom. The molecule has 4 aromatic rings. The molecule has 0 N–H and O–H groups in total. The summed E-state index contributed by atoms with van der Waals surface area (Å²) in [5.74, 6) is 2.49. The van der Waals surface area contributed by atoms with Crippen LogP contribution in [-0.4, -0.2) is 51.9 Å². The maximum Gasteiger partial charge on any atom is 0.222 e. The van der Waals surface area contributed by atoms with Crippen LogP contribution in [0.1, 0.15) is 32.1 Å². The third-order valence-electron chi connectivity index (χ3n) is 7.26. The highest BCUT2D eigenvalue weighted by atomic mass is 32.1. The zero-order valence-electron chi connectivity index (χ0n) is 19.8. The van der Waals surface area contributed by atoms with Gasteiger partial charge in [0.2, 0.25) is 5.91 Å². The number of thiophene rings is 1. The van der Waals surface area contributed by atoms with Crippen molar-refractivity contribution in [3.05, 3.63) is 60.1 Å². The van der Waals surface area contributed by atoms with Crippen LogP contribution in [0.25, 0.3) is 32.9 Å². The van der Waals surface area contributed by atoms with E-state index in [1.165, 1.54) is 31.2 Å². The van der Waals surface area contributed by atoms with E-state index in [1.807, 2.05) is 24.3 Å². The summed E-state index contributed by atoms with van der Waals surface area (Å²) in [7, 11) is 0. The number of nitrogens with zero attached hydrogens (tertiary/aromatic N) is 5. The maximum atomic E-state index is 12.9. The molecule has 1 amide bonds. The van der Waals surface area contributed by atoms with Gasteiger partial charge in [-0.1, -0.05) is 49.2 Å². The van der Waals surface area contributed by atoms with E-state index in [-0.39, 0.29) is 0 Å². The Morgan fingerprint density at radius 1 is 0.943 bits per heavy atom. The second-order valence-corrected chi connectivity index (χ2v) is 10.4. The highest BCUT2D eigenvalue weighted by Crippen LogP contribution is 2.39. The molecule has 35 heavy (non-hydrogen) atoms. The average molecular weight is 484 g/mol. The van der Waals surface area contributed by atoms with E-state index in [0.29, 0.717) is 24.1 Å². The highest BCUT2D eigenvalue weighted by molar-refractivity contribution is 7.17. The van der Waals surface area contributed by atoms with E-state index in [0.717, 1.165) is 53.5 Å². The molecular formula is C28H29N5OS. The normalized spacial score (nSPS) is 16.8. The van der Waals surface area contributed by atoms with Gasteiger partial charge in [0.05, 0.1) is 5.39 Å². The van der Waals surface area contributed by atoms with Crippen molar-refractivity contribution in [2.75, 3.05) is 31.1 Å². The van der Waals surface area contributed by atoms with Crippen LogP contribution < -0.4 is 4.90 Å². The fourth-order valence-electron chi connectivity index (χ4n) is 5.35. The molecule has 4 heterocycles. The van der Waals surface area contributed by atoms with Crippen molar-refractivity contribution in [2.45, 2.75) is 32.1 Å². The number of rotatable bonds is 5. The van der Waals surface area contributed by atoms with Crippen molar-refractivity contribution in [1.82, 2.24) is 19.9 Å². The third-order valence-corrected chi connectivity index (χ3v) is 8.14. The molecule has 0 spiro atoms. The molecule has 1 saturated heterocycles. The molecule has 0 unspecified atom stereocenters. The Labute approximate surface area is 209 Å². The Morgan fingerprint density at radius 2 is 1.71 bits per heavy atom. The first kappa shape index (κ1) is 22.2. The summed E-state index contributed by atoms with van der Waals surface area (Å²) < 4.78 is 0. The fourth-order valence-corrected chi connectivity index (χ4v) is 6.29. The van der Waals surface area contributed by atoms with Gasteiger partial charge in [0.15, 0.2) is 5.82 Å². The molecule has 2 aliphatic rings. The van der Waals surface area contributed by atoms with Gasteiger partial charge in [0.25, 0.3) is 0 Å². The van der Waals surface area contributed by atoms with Crippen LogP contribution in [-0.2, 0) is 4.79 Å². The third kappa shape index (κ3) is 4.52. The molecule has 178 valence electrons. The molecule has 0 radical (unpaired) electrons. The minimum absolute atomic E-state index is 0.319. The summed E-state index contributed by atoms with van der Waals surface area (Å²) in [6.07, 6.45) is 7.46. The number of fused-ring (bicyclic) bond motifs is 1. The predicted octanol–water partition coefficient (Wildman–Crippen LogP) is 5.65. The van der Waals surface area contributed by atoms with Gasteiger partial charge >= 0.3 is 0 Å². The van der Waals surface area contributed by atoms with Crippen molar-refractivity contribution in [1.29, 1.82) is 0 Å². The molecule has 7 heteroatoms. The van der Waals surface area contributed by atoms with E-state index in [4.69, 9.17) is 9.97 Å². The van der Waals surface area contributed by atoms with E-state index in [9.17, 15) is 4.79 Å². The highest BCUT2D eigenvalue weighted by Gasteiger charge is 2.28. The summed E-state index contributed by atoms with van der Waals surface area (Å²) in [5, 5.41) is 3.27. The van der Waals surface area contributed by atoms with Gasteiger partial charge in [-0.3, -0.25) is 9.78 Å². The first-order chi connectivity index (χ1) is 17.3. The molecule has 1 aliphatic carbocycles. The number of amides is 1. The number of hydrogen-bond acceptors (Lipinski definition) is 6. The van der Waals surface area contributed by atoms with Crippen LogP contribution in [0.15, 0.2) is 60.1 Å². The fraction of sp³-hybridized carbons (Fsp3) is 0.357. The predicted molar refractivity (Wildman–Crippen MR) is 141 cm³/mol. The van der Waals surface area contributed by atoms with Crippen LogP contribution in [0.2, 0.25) is 0 Å². The summed E-state index contributed by atoms with van der Waals surface area (Å²) in [5.41, 5.74) is 3.10. The van der Waals surface area contributed by atoms with Gasteiger partial charge in [-0.2, -0.15) is 0 Å². The van der Waals surface area contributed by atoms with Gasteiger partial charge in [-0.25, -0.2) is 9.97 Å². The first-order valence-corrected chi connectivity index (χ1v) is 13.4. The molecule has 1 aliphatic heterocycles. The zero-order valence-corrected chi connectivity index (χ0v) is 20.6. The lowest BCUT2D eigenvalue weighted by Crippen LogP contribution is -2.49. The maximum absolute atomic E-state index is 12.9. The molecular weight excluding hydrogens is 454 g/mol. The largest absolute Gasteiger partial charge is 0.352 e. The molecule has 6 rings (SSSR count). The number of piperazine rings is 1. The smallest absolute Gasteiger partial charge is 0.222 e. The summed E-state index contributed by atoms with van der Waals surface area (Å²) >= 11 is 1.65. The number of anilines is 1. The van der Waals surface area contributed by atoms with Crippen molar-refractivity contribution in [3.8, 4) is 22.6 Å². The molecule has 0 atom stereocenters. The topological polar surface area (TPSA) is 62.2 Å². The van der Waals surface area contributed by atoms with E-state index in [1.54, 1.807) is 17.5 Å². The molecule has 2 fully saturated rings. The SMILES string of the molecule is O=C(CC1CCCC1)N1CCN(c2nc(-c3ccccn3)nc3scc(-c4ccccc4)c23)CC1.